The van der Waals surface area contributed by atoms with Gasteiger partial charge in [-0.25, -0.2) is 0 Å². The lowest BCUT2D eigenvalue weighted by Crippen LogP contribution is -2.66. The predicted molar refractivity (Wildman–Crippen MR) is 304 cm³/mol. The lowest BCUT2D eigenvalue weighted by atomic mass is 9.92. The summed E-state index contributed by atoms with van der Waals surface area (Å²) in [6, 6.07) is -6.00. The first-order valence-electron chi connectivity index (χ1n) is 29.0. The highest BCUT2D eigenvalue weighted by molar-refractivity contribution is 6.00. The van der Waals surface area contributed by atoms with Gasteiger partial charge in [0, 0.05) is 44.4 Å². The molecule has 1 heterocycles. The molecular weight excluding hydrogens is 1020 g/mol. The Morgan fingerprint density at radius 2 is 1.15 bits per heavy atom. The number of ketones is 1. The van der Waals surface area contributed by atoms with Crippen LogP contribution in [-0.4, -0.2) is 159 Å². The van der Waals surface area contributed by atoms with Gasteiger partial charge in [-0.2, -0.15) is 0 Å². The van der Waals surface area contributed by atoms with Crippen LogP contribution in [0.15, 0.2) is 0 Å². The molecule has 79 heavy (non-hydrogen) atoms. The predicted octanol–water partition coefficient (Wildman–Crippen LogP) is 2.55. The Labute approximate surface area is 471 Å². The monoisotopic (exact) mass is 1120 g/mol. The first-order chi connectivity index (χ1) is 36.6. The number of aliphatic hydroxyl groups is 2. The number of nitrogens with zero attached hydrogens (tertiary/aromatic N) is 1. The van der Waals surface area contributed by atoms with E-state index in [1.165, 1.54) is 54.9 Å². The van der Waals surface area contributed by atoms with Crippen molar-refractivity contribution in [3.63, 3.8) is 0 Å². The maximum Gasteiger partial charge on any atom is 0.246 e. The fraction of sp³-hybridized carbons (Fsp3) is 0.825. The van der Waals surface area contributed by atoms with Gasteiger partial charge in [-0.3, -0.25) is 47.9 Å². The number of carbonyl (C=O) groups is 10. The zero-order valence-corrected chi connectivity index (χ0v) is 50.8. The number of hydrogen-bond acceptors (Lipinski definition) is 13. The smallest absolute Gasteiger partial charge is 0.246 e. The molecule has 9 atom stereocenters. The van der Waals surface area contributed by atoms with E-state index in [1.807, 2.05) is 6.92 Å². The van der Waals surface area contributed by atoms with Gasteiger partial charge in [0.1, 0.15) is 52.6 Å². The third kappa shape index (κ3) is 25.0. The second-order valence-electron chi connectivity index (χ2n) is 24.3. The molecule has 9 unspecified atom stereocenters. The molecule has 0 bridgehead atoms. The normalized spacial score (nSPS) is 17.0. The molecule has 9 amide bonds. The summed E-state index contributed by atoms with van der Waals surface area (Å²) in [6.07, 6.45) is 7.64. The number of hydrogen-bond donors (Lipinski definition) is 11. The summed E-state index contributed by atoms with van der Waals surface area (Å²) in [5.41, 5.74) is -4.63. The SMILES string of the molecule is CCCCCCCCC(C)C(=O)N1CCCC1C(=O)NC(CC(C)CC(O)CC(=O)CC)C(=O)NC(C)C(=O)NC(C)(C)C(=O)NC(C(=O)NC(C(=O)NC(C)(C)C(=O)NC(C)(C)C(=O)NC(C)CNCCO)C(C)C)C(C)C. The van der Waals surface area contributed by atoms with Crippen LogP contribution >= 0.6 is 0 Å². The molecule has 0 radical (unpaired) electrons. The third-order valence-corrected chi connectivity index (χ3v) is 14.4. The fourth-order valence-corrected chi connectivity index (χ4v) is 9.17. The molecule has 1 aliphatic rings. The average Bonchev–Trinajstić information content (AvgIpc) is 3.85. The van der Waals surface area contributed by atoms with Crippen molar-refractivity contribution < 1.29 is 58.2 Å². The molecule has 11 N–H and O–H groups in total. The number of amides is 9. The molecule has 0 aromatic carbocycles. The molecule has 0 aliphatic carbocycles. The van der Waals surface area contributed by atoms with Gasteiger partial charge in [-0.05, 0) is 105 Å². The summed E-state index contributed by atoms with van der Waals surface area (Å²) in [7, 11) is 0. The number of aliphatic hydroxyl groups excluding tert-OH is 2. The maximum atomic E-state index is 14.1. The first-order valence-corrected chi connectivity index (χ1v) is 29.0. The van der Waals surface area contributed by atoms with Gasteiger partial charge >= 0.3 is 0 Å². The number of unbranched alkanes of at least 4 members (excludes halogenated alkanes) is 5. The lowest BCUT2D eigenvalue weighted by molar-refractivity contribution is -0.142. The lowest BCUT2D eigenvalue weighted by Gasteiger charge is -2.34. The number of carbonyl (C=O) groups excluding carboxylic acids is 10. The van der Waals surface area contributed by atoms with Crippen molar-refractivity contribution in [3.05, 3.63) is 0 Å². The highest BCUT2D eigenvalue weighted by atomic mass is 16.3. The van der Waals surface area contributed by atoms with Crippen molar-refractivity contribution in [1.29, 1.82) is 0 Å². The molecular formula is C57H104N10O12. The van der Waals surface area contributed by atoms with Crippen LogP contribution in [0.5, 0.6) is 0 Å². The molecule has 1 saturated heterocycles. The van der Waals surface area contributed by atoms with Crippen molar-refractivity contribution in [2.45, 2.75) is 253 Å². The Bertz CT molecular complexity index is 2030. The van der Waals surface area contributed by atoms with Crippen LogP contribution in [-0.2, 0) is 47.9 Å². The van der Waals surface area contributed by atoms with Gasteiger partial charge in [0.15, 0.2) is 0 Å². The third-order valence-electron chi connectivity index (χ3n) is 14.4. The molecule has 0 aromatic heterocycles. The van der Waals surface area contributed by atoms with Gasteiger partial charge in [-0.15, -0.1) is 0 Å². The van der Waals surface area contributed by atoms with E-state index in [0.29, 0.717) is 38.9 Å². The van der Waals surface area contributed by atoms with Crippen LogP contribution in [0.4, 0.5) is 0 Å². The van der Waals surface area contributed by atoms with E-state index in [2.05, 4.69) is 54.8 Å². The molecule has 1 rings (SSSR count). The second-order valence-corrected chi connectivity index (χ2v) is 24.3. The van der Waals surface area contributed by atoms with E-state index in [9.17, 15) is 53.1 Å². The summed E-state index contributed by atoms with van der Waals surface area (Å²) < 4.78 is 0. The number of nitrogens with one attached hydrogen (secondary N) is 9. The Kier molecular flexibility index (Phi) is 31.0. The maximum absolute atomic E-state index is 14.1. The summed E-state index contributed by atoms with van der Waals surface area (Å²) in [5, 5.41) is 44.4. The summed E-state index contributed by atoms with van der Waals surface area (Å²) in [4.78, 5) is 138. The number of rotatable bonds is 37. The van der Waals surface area contributed by atoms with Gasteiger partial charge in [-0.1, -0.05) is 93.9 Å². The summed E-state index contributed by atoms with van der Waals surface area (Å²) in [5.74, 6) is -7.29. The van der Waals surface area contributed by atoms with Gasteiger partial charge in [0.25, 0.3) is 0 Å². The minimum absolute atomic E-state index is 0.0296. The van der Waals surface area contributed by atoms with Crippen molar-refractivity contribution in [2.75, 3.05) is 26.2 Å². The Balaban J connectivity index is 3.18. The van der Waals surface area contributed by atoms with Crippen LogP contribution in [0, 0.1) is 23.7 Å². The quantitative estimate of drug-likeness (QED) is 0.0399. The zero-order chi connectivity index (χ0) is 60.6. The Morgan fingerprint density at radius 1 is 0.608 bits per heavy atom. The molecule has 1 aliphatic heterocycles. The van der Waals surface area contributed by atoms with Crippen LogP contribution in [0.1, 0.15) is 194 Å². The molecule has 22 nitrogen and oxygen atoms in total. The van der Waals surface area contributed by atoms with Crippen LogP contribution < -0.4 is 47.9 Å². The Hall–Kier alpha value is -5.22. The molecule has 0 spiro atoms. The van der Waals surface area contributed by atoms with Crippen LogP contribution in [0.3, 0.4) is 0 Å². The number of Topliss-reactive ketones (excluding diaryl/α,β-unsaturated/α-hetero) is 1. The van der Waals surface area contributed by atoms with E-state index in [4.69, 9.17) is 5.11 Å². The van der Waals surface area contributed by atoms with Gasteiger partial charge in [0.2, 0.25) is 53.2 Å². The second kappa shape index (κ2) is 34.2. The largest absolute Gasteiger partial charge is 0.395 e. The topological polar surface area (TPSA) is 323 Å². The Morgan fingerprint density at radius 3 is 1.73 bits per heavy atom. The molecule has 22 heteroatoms. The molecule has 454 valence electrons. The van der Waals surface area contributed by atoms with Crippen molar-refractivity contribution in [3.8, 4) is 0 Å². The van der Waals surface area contributed by atoms with E-state index in [0.717, 1.165) is 32.1 Å². The highest BCUT2D eigenvalue weighted by Crippen LogP contribution is 2.24. The van der Waals surface area contributed by atoms with Crippen LogP contribution in [0.25, 0.3) is 0 Å². The van der Waals surface area contributed by atoms with Crippen LogP contribution in [0.2, 0.25) is 0 Å². The average molecular weight is 1120 g/mol. The molecule has 0 saturated carbocycles. The van der Waals surface area contributed by atoms with E-state index in [1.54, 1.807) is 53.4 Å². The standard InChI is InChI=1S/C57H104N10O12/c1-17-19-20-21-22-23-25-37(8)51(76)67-28-24-26-43(67)48(73)61-42(31-36(7)30-41(70)32-40(69)18-2)47(72)60-39(10)46(71)64-55(11,12)53(78)63-44(34(3)4)49(74)62-45(35(5)6)50(75)65-57(15,16)54(79)66-56(13,14)52(77)59-38(9)33-58-27-29-68/h34-39,41-45,58,68,70H,17-33H2,1-16H3,(H,59,77)(H,60,72)(H,61,73)(H,62,74)(H,63,78)(H,64,71)(H,65,75)(H,66,79). The first kappa shape index (κ1) is 71.8. The molecule has 0 aromatic rings. The summed E-state index contributed by atoms with van der Waals surface area (Å²) in [6.45, 7) is 27.2. The van der Waals surface area contributed by atoms with E-state index >= 15 is 0 Å². The van der Waals surface area contributed by atoms with Crippen molar-refractivity contribution in [2.24, 2.45) is 23.7 Å². The van der Waals surface area contributed by atoms with Gasteiger partial charge < -0.3 is 63.0 Å². The van der Waals surface area contributed by atoms with Crippen molar-refractivity contribution in [1.82, 2.24) is 52.8 Å². The minimum atomic E-state index is -1.67. The fourth-order valence-electron chi connectivity index (χ4n) is 9.17. The van der Waals surface area contributed by atoms with E-state index in [-0.39, 0.29) is 61.9 Å². The van der Waals surface area contributed by atoms with E-state index < -0.39 is 112 Å². The minimum Gasteiger partial charge on any atom is -0.395 e. The van der Waals surface area contributed by atoms with Crippen molar-refractivity contribution >= 4 is 58.9 Å². The van der Waals surface area contributed by atoms with Gasteiger partial charge in [0.05, 0.1) is 12.7 Å². The highest BCUT2D eigenvalue weighted by Gasteiger charge is 2.42. The zero-order valence-electron chi connectivity index (χ0n) is 50.8. The summed E-state index contributed by atoms with van der Waals surface area (Å²) >= 11 is 0. The number of likely N-dealkylation sites (tertiary alicyclic amines) is 1. The molecule has 1 fully saturated rings.